The molecule has 0 saturated heterocycles. The van der Waals surface area contributed by atoms with Gasteiger partial charge < -0.3 is 5.73 Å². The van der Waals surface area contributed by atoms with Crippen molar-refractivity contribution in [1.29, 1.82) is 0 Å². The molecule has 90 valence electrons. The first kappa shape index (κ1) is 13.4. The topological polar surface area (TPSA) is 26.0 Å². The average molecular weight is 300 g/mol. The molecule has 0 radical (unpaired) electrons. The molecule has 6 heteroatoms. The highest BCUT2D eigenvalue weighted by Gasteiger charge is 2.28. The zero-order valence-corrected chi connectivity index (χ0v) is 9.78. The normalized spacial score (nSPS) is 13.9. The predicted molar refractivity (Wildman–Crippen MR) is 56.3 cm³/mol. The van der Waals surface area contributed by atoms with E-state index in [1.165, 1.54) is 12.1 Å². The van der Waals surface area contributed by atoms with Gasteiger partial charge >= 0.3 is 6.18 Å². The van der Waals surface area contributed by atoms with Crippen LogP contribution in [0.1, 0.15) is 24.4 Å². The number of nitrogens with two attached hydrogens (primary N) is 1. The van der Waals surface area contributed by atoms with E-state index in [-0.39, 0.29) is 12.0 Å². The average Bonchev–Trinajstić information content (AvgIpc) is 2.13. The molecule has 0 heterocycles. The third-order valence-electron chi connectivity index (χ3n) is 2.10. The van der Waals surface area contributed by atoms with Crippen molar-refractivity contribution >= 4 is 15.9 Å². The maximum absolute atomic E-state index is 13.3. The molecule has 0 aromatic heterocycles. The minimum absolute atomic E-state index is 0.104. The van der Waals surface area contributed by atoms with Gasteiger partial charge in [0, 0.05) is 22.5 Å². The summed E-state index contributed by atoms with van der Waals surface area (Å²) in [6, 6.07) is 3.18. The van der Waals surface area contributed by atoms with Crippen molar-refractivity contribution in [1.82, 2.24) is 0 Å². The van der Waals surface area contributed by atoms with Gasteiger partial charge in [0.1, 0.15) is 5.82 Å². The Bertz CT molecular complexity index is 364. The first-order valence-electron chi connectivity index (χ1n) is 4.57. The van der Waals surface area contributed by atoms with Gasteiger partial charge in [-0.1, -0.05) is 22.0 Å². The highest BCUT2D eigenvalue weighted by molar-refractivity contribution is 9.10. The number of hydrogen-bond acceptors (Lipinski definition) is 1. The van der Waals surface area contributed by atoms with E-state index < -0.39 is 24.5 Å². The molecule has 0 bridgehead atoms. The van der Waals surface area contributed by atoms with Crippen LogP contribution >= 0.6 is 15.9 Å². The Morgan fingerprint density at radius 2 is 1.94 bits per heavy atom. The lowest BCUT2D eigenvalue weighted by molar-refractivity contribution is -0.136. The number of hydrogen-bond donors (Lipinski definition) is 1. The second-order valence-corrected chi connectivity index (χ2v) is 4.34. The SMILES string of the molecule is NC(CCC(F)(F)F)c1ccc(Br)cc1F. The molecule has 0 aliphatic heterocycles. The van der Waals surface area contributed by atoms with Gasteiger partial charge in [0.15, 0.2) is 0 Å². The number of halogens is 5. The molecule has 2 N–H and O–H groups in total. The monoisotopic (exact) mass is 299 g/mol. The van der Waals surface area contributed by atoms with Crippen LogP contribution in [0.3, 0.4) is 0 Å². The molecule has 16 heavy (non-hydrogen) atoms. The first-order chi connectivity index (χ1) is 7.29. The highest BCUT2D eigenvalue weighted by atomic mass is 79.9. The van der Waals surface area contributed by atoms with Crippen LogP contribution in [-0.2, 0) is 0 Å². The van der Waals surface area contributed by atoms with E-state index in [2.05, 4.69) is 15.9 Å². The summed E-state index contributed by atoms with van der Waals surface area (Å²) in [6.45, 7) is 0. The van der Waals surface area contributed by atoms with E-state index in [0.29, 0.717) is 4.47 Å². The van der Waals surface area contributed by atoms with Gasteiger partial charge in [-0.25, -0.2) is 4.39 Å². The summed E-state index contributed by atoms with van der Waals surface area (Å²) in [5.41, 5.74) is 5.60. The lowest BCUT2D eigenvalue weighted by Crippen LogP contribution is -2.16. The minimum atomic E-state index is -4.26. The molecule has 0 aliphatic rings. The fraction of sp³-hybridized carbons (Fsp3) is 0.400. The summed E-state index contributed by atoms with van der Waals surface area (Å²) >= 11 is 3.06. The van der Waals surface area contributed by atoms with Crippen LogP contribution in [0, 0.1) is 5.82 Å². The second-order valence-electron chi connectivity index (χ2n) is 3.43. The predicted octanol–water partition coefficient (Wildman–Crippen LogP) is 3.93. The molecule has 0 amide bonds. The van der Waals surface area contributed by atoms with Crippen LogP contribution in [0.4, 0.5) is 17.6 Å². The Morgan fingerprint density at radius 3 is 2.44 bits per heavy atom. The number of rotatable bonds is 3. The maximum atomic E-state index is 13.3. The van der Waals surface area contributed by atoms with Crippen molar-refractivity contribution in [2.24, 2.45) is 5.73 Å². The van der Waals surface area contributed by atoms with Gasteiger partial charge in [0.2, 0.25) is 0 Å². The molecule has 1 aromatic carbocycles. The molecule has 1 rings (SSSR count). The van der Waals surface area contributed by atoms with Crippen molar-refractivity contribution in [2.45, 2.75) is 25.1 Å². The molecule has 0 fully saturated rings. The van der Waals surface area contributed by atoms with E-state index in [1.54, 1.807) is 6.07 Å². The van der Waals surface area contributed by atoms with Crippen LogP contribution in [0.5, 0.6) is 0 Å². The molecular weight excluding hydrogens is 290 g/mol. The molecule has 0 aliphatic carbocycles. The number of benzene rings is 1. The van der Waals surface area contributed by atoms with Crippen molar-refractivity contribution in [3.63, 3.8) is 0 Å². The lowest BCUT2D eigenvalue weighted by Gasteiger charge is -2.14. The summed E-state index contributed by atoms with van der Waals surface area (Å²) < 4.78 is 49.7. The standard InChI is InChI=1S/C10H10BrF4N/c11-6-1-2-7(8(12)5-6)9(16)3-4-10(13,14)15/h1-2,5,9H,3-4,16H2. The van der Waals surface area contributed by atoms with E-state index in [9.17, 15) is 17.6 Å². The van der Waals surface area contributed by atoms with E-state index in [0.717, 1.165) is 0 Å². The van der Waals surface area contributed by atoms with Gasteiger partial charge in [-0.05, 0) is 18.6 Å². The fourth-order valence-corrected chi connectivity index (χ4v) is 1.61. The van der Waals surface area contributed by atoms with Crippen LogP contribution < -0.4 is 5.73 Å². The Balaban J connectivity index is 2.70. The Labute approximate surface area is 98.8 Å². The molecule has 0 saturated carbocycles. The quantitative estimate of drug-likeness (QED) is 0.841. The summed E-state index contributed by atoms with van der Waals surface area (Å²) in [5, 5.41) is 0. The van der Waals surface area contributed by atoms with Crippen molar-refractivity contribution in [2.75, 3.05) is 0 Å². The Morgan fingerprint density at radius 1 is 1.31 bits per heavy atom. The summed E-state index contributed by atoms with van der Waals surface area (Å²) in [7, 11) is 0. The van der Waals surface area contributed by atoms with Crippen molar-refractivity contribution < 1.29 is 17.6 Å². The van der Waals surface area contributed by atoms with E-state index >= 15 is 0 Å². The Hall–Kier alpha value is -0.620. The van der Waals surface area contributed by atoms with Crippen LogP contribution in [0.25, 0.3) is 0 Å². The Kier molecular flexibility index (Phi) is 4.32. The van der Waals surface area contributed by atoms with E-state index in [4.69, 9.17) is 5.73 Å². The van der Waals surface area contributed by atoms with Crippen LogP contribution in [0.2, 0.25) is 0 Å². The van der Waals surface area contributed by atoms with Gasteiger partial charge in [-0.3, -0.25) is 0 Å². The van der Waals surface area contributed by atoms with Gasteiger partial charge in [-0.15, -0.1) is 0 Å². The highest BCUT2D eigenvalue weighted by Crippen LogP contribution is 2.28. The number of alkyl halides is 3. The smallest absolute Gasteiger partial charge is 0.324 e. The molecule has 1 aromatic rings. The third-order valence-corrected chi connectivity index (χ3v) is 2.59. The van der Waals surface area contributed by atoms with Gasteiger partial charge in [0.05, 0.1) is 0 Å². The van der Waals surface area contributed by atoms with Gasteiger partial charge in [-0.2, -0.15) is 13.2 Å². The van der Waals surface area contributed by atoms with Crippen molar-refractivity contribution in [3.05, 3.63) is 34.1 Å². The second kappa shape index (κ2) is 5.14. The third kappa shape index (κ3) is 4.09. The summed E-state index contributed by atoms with van der Waals surface area (Å²) in [6.07, 6.45) is -5.59. The largest absolute Gasteiger partial charge is 0.389 e. The molecular formula is C10H10BrF4N. The fourth-order valence-electron chi connectivity index (χ4n) is 1.28. The zero-order chi connectivity index (χ0) is 12.3. The van der Waals surface area contributed by atoms with Crippen LogP contribution in [-0.4, -0.2) is 6.18 Å². The molecule has 0 spiro atoms. The summed E-state index contributed by atoms with van der Waals surface area (Å²) in [4.78, 5) is 0. The summed E-state index contributed by atoms with van der Waals surface area (Å²) in [5.74, 6) is -0.593. The molecule has 1 atom stereocenters. The lowest BCUT2D eigenvalue weighted by atomic mass is 10.0. The zero-order valence-electron chi connectivity index (χ0n) is 8.19. The molecule has 1 unspecified atom stereocenters. The van der Waals surface area contributed by atoms with Crippen molar-refractivity contribution in [3.8, 4) is 0 Å². The first-order valence-corrected chi connectivity index (χ1v) is 5.36. The van der Waals surface area contributed by atoms with Gasteiger partial charge in [0.25, 0.3) is 0 Å². The minimum Gasteiger partial charge on any atom is -0.324 e. The van der Waals surface area contributed by atoms with E-state index in [1.807, 2.05) is 0 Å². The maximum Gasteiger partial charge on any atom is 0.389 e. The van der Waals surface area contributed by atoms with Crippen LogP contribution in [0.15, 0.2) is 22.7 Å². The molecule has 1 nitrogen and oxygen atoms in total.